The molecule has 1 aliphatic rings. The van der Waals surface area contributed by atoms with Crippen LogP contribution in [0.15, 0.2) is 40.8 Å². The third-order valence-electron chi connectivity index (χ3n) is 3.69. The summed E-state index contributed by atoms with van der Waals surface area (Å²) in [6, 6.07) is 10.9. The molecule has 116 valence electrons. The van der Waals surface area contributed by atoms with Crippen LogP contribution < -0.4 is 5.73 Å². The first-order chi connectivity index (χ1) is 10.5. The normalized spacial score (nSPS) is 21.8. The number of hydrogen-bond acceptors (Lipinski definition) is 4. The minimum Gasteiger partial charge on any atom is -0.451 e. The Morgan fingerprint density at radius 1 is 1.18 bits per heavy atom. The highest BCUT2D eigenvalue weighted by molar-refractivity contribution is 5.92. The maximum atomic E-state index is 12.6. The summed E-state index contributed by atoms with van der Waals surface area (Å²) < 4.78 is 11.4. The molecular weight excluding hydrogens is 280 g/mol. The maximum Gasteiger partial charge on any atom is 0.289 e. The Morgan fingerprint density at radius 2 is 1.91 bits per heavy atom. The molecule has 2 aromatic rings. The first-order valence-corrected chi connectivity index (χ1v) is 7.43. The molecular formula is C17H20N2O3. The molecule has 0 spiro atoms. The van der Waals surface area contributed by atoms with Crippen molar-refractivity contribution in [3.8, 4) is 11.3 Å². The molecule has 2 heterocycles. The Bertz CT molecular complexity index is 670. The van der Waals surface area contributed by atoms with Crippen LogP contribution in [0.2, 0.25) is 0 Å². The summed E-state index contributed by atoms with van der Waals surface area (Å²) in [4.78, 5) is 14.3. The number of nitrogens with zero attached hydrogens (tertiary/aromatic N) is 1. The lowest BCUT2D eigenvalue weighted by Gasteiger charge is -2.34. The number of carbonyl (C=O) groups excluding carboxylic acids is 1. The second-order valence-electron chi connectivity index (χ2n) is 5.76. The molecule has 2 N–H and O–H groups in total. The molecule has 5 heteroatoms. The van der Waals surface area contributed by atoms with Crippen LogP contribution in [0.5, 0.6) is 0 Å². The van der Waals surface area contributed by atoms with Gasteiger partial charge in [-0.15, -0.1) is 0 Å². The molecule has 2 unspecified atom stereocenters. The van der Waals surface area contributed by atoms with Gasteiger partial charge >= 0.3 is 0 Å². The van der Waals surface area contributed by atoms with Crippen LogP contribution in [-0.2, 0) is 4.74 Å². The van der Waals surface area contributed by atoms with E-state index in [9.17, 15) is 4.79 Å². The van der Waals surface area contributed by atoms with Crippen molar-refractivity contribution in [2.24, 2.45) is 0 Å². The highest BCUT2D eigenvalue weighted by Gasteiger charge is 2.28. The number of nitrogen functional groups attached to an aromatic ring is 1. The minimum absolute atomic E-state index is 0.0380. The van der Waals surface area contributed by atoms with Crippen molar-refractivity contribution < 1.29 is 13.9 Å². The number of carbonyl (C=O) groups is 1. The van der Waals surface area contributed by atoms with Gasteiger partial charge in [-0.3, -0.25) is 4.79 Å². The maximum absolute atomic E-state index is 12.6. The van der Waals surface area contributed by atoms with Gasteiger partial charge in [0.15, 0.2) is 5.76 Å². The zero-order valence-electron chi connectivity index (χ0n) is 12.8. The molecule has 2 atom stereocenters. The van der Waals surface area contributed by atoms with E-state index in [2.05, 4.69) is 0 Å². The largest absolute Gasteiger partial charge is 0.451 e. The van der Waals surface area contributed by atoms with Gasteiger partial charge in [0.25, 0.3) is 5.91 Å². The molecule has 0 radical (unpaired) electrons. The number of nitrogens with two attached hydrogens (primary N) is 1. The lowest BCUT2D eigenvalue weighted by atomic mass is 10.1. The number of rotatable bonds is 2. The number of ether oxygens (including phenoxy) is 1. The van der Waals surface area contributed by atoms with Crippen molar-refractivity contribution in [3.63, 3.8) is 0 Å². The highest BCUT2D eigenvalue weighted by atomic mass is 16.5. The fourth-order valence-electron chi connectivity index (χ4n) is 2.80. The molecule has 0 aliphatic carbocycles. The summed E-state index contributed by atoms with van der Waals surface area (Å²) >= 11 is 0. The van der Waals surface area contributed by atoms with Crippen molar-refractivity contribution in [1.82, 2.24) is 4.90 Å². The number of hydrogen-bond donors (Lipinski definition) is 1. The smallest absolute Gasteiger partial charge is 0.289 e. The van der Waals surface area contributed by atoms with Crippen molar-refractivity contribution in [2.75, 3.05) is 18.8 Å². The Kier molecular flexibility index (Phi) is 3.90. The van der Waals surface area contributed by atoms with Crippen LogP contribution in [0, 0.1) is 0 Å². The summed E-state index contributed by atoms with van der Waals surface area (Å²) in [7, 11) is 0. The molecule has 5 nitrogen and oxygen atoms in total. The van der Waals surface area contributed by atoms with Gasteiger partial charge in [-0.2, -0.15) is 0 Å². The predicted octanol–water partition coefficient (Wildman–Crippen LogP) is 2.78. The van der Waals surface area contributed by atoms with Crippen molar-refractivity contribution in [3.05, 3.63) is 42.2 Å². The quantitative estimate of drug-likeness (QED) is 0.866. The lowest BCUT2D eigenvalue weighted by Crippen LogP contribution is -2.48. The second kappa shape index (κ2) is 5.85. The van der Waals surface area contributed by atoms with E-state index in [0.717, 1.165) is 5.56 Å². The number of morpholine rings is 1. The Hall–Kier alpha value is -2.27. The average molecular weight is 300 g/mol. The van der Waals surface area contributed by atoms with Gasteiger partial charge < -0.3 is 19.8 Å². The average Bonchev–Trinajstić information content (AvgIpc) is 2.95. The van der Waals surface area contributed by atoms with Gasteiger partial charge in [-0.25, -0.2) is 0 Å². The topological polar surface area (TPSA) is 68.7 Å². The summed E-state index contributed by atoms with van der Waals surface area (Å²) in [5.41, 5.74) is 7.31. The van der Waals surface area contributed by atoms with Crippen molar-refractivity contribution in [1.29, 1.82) is 0 Å². The lowest BCUT2D eigenvalue weighted by molar-refractivity contribution is -0.0592. The van der Waals surface area contributed by atoms with Gasteiger partial charge in [0, 0.05) is 24.3 Å². The van der Waals surface area contributed by atoms with Crippen LogP contribution >= 0.6 is 0 Å². The molecule has 1 aliphatic heterocycles. The number of benzene rings is 1. The standard InChI is InChI=1S/C17H20N2O3/c1-11-9-19(10-12(2)21-11)17(20)16-7-6-15(22-16)13-4-3-5-14(18)8-13/h3-8,11-12H,9-10,18H2,1-2H3. The summed E-state index contributed by atoms with van der Waals surface area (Å²) in [6.07, 6.45) is 0.0760. The Labute approximate surface area is 129 Å². The summed E-state index contributed by atoms with van der Waals surface area (Å²) in [5.74, 6) is 0.890. The zero-order valence-corrected chi connectivity index (χ0v) is 12.8. The van der Waals surface area contributed by atoms with Gasteiger partial charge in [0.1, 0.15) is 5.76 Å². The molecule has 22 heavy (non-hydrogen) atoms. The first-order valence-electron chi connectivity index (χ1n) is 7.43. The van der Waals surface area contributed by atoms with E-state index in [0.29, 0.717) is 30.3 Å². The number of amides is 1. The number of furan rings is 1. The fraction of sp³-hybridized carbons (Fsp3) is 0.353. The molecule has 0 saturated carbocycles. The summed E-state index contributed by atoms with van der Waals surface area (Å²) in [6.45, 7) is 5.10. The van der Waals surface area contributed by atoms with Gasteiger partial charge in [-0.05, 0) is 38.1 Å². The number of anilines is 1. The van der Waals surface area contributed by atoms with E-state index in [1.165, 1.54) is 0 Å². The molecule has 1 aromatic heterocycles. The molecule has 1 saturated heterocycles. The third-order valence-corrected chi connectivity index (χ3v) is 3.69. The molecule has 1 fully saturated rings. The molecule has 3 rings (SSSR count). The van der Waals surface area contributed by atoms with Crippen molar-refractivity contribution in [2.45, 2.75) is 26.1 Å². The molecule has 1 amide bonds. The molecule has 1 aromatic carbocycles. The van der Waals surface area contributed by atoms with E-state index in [-0.39, 0.29) is 18.1 Å². The van der Waals surface area contributed by atoms with Gasteiger partial charge in [0.05, 0.1) is 12.2 Å². The van der Waals surface area contributed by atoms with Crippen LogP contribution in [-0.4, -0.2) is 36.1 Å². The SMILES string of the molecule is CC1CN(C(=O)c2ccc(-c3cccc(N)c3)o2)CC(C)O1. The van der Waals surface area contributed by atoms with Crippen LogP contribution in [0.3, 0.4) is 0 Å². The summed E-state index contributed by atoms with van der Waals surface area (Å²) in [5, 5.41) is 0. The van der Waals surface area contributed by atoms with E-state index in [1.807, 2.05) is 38.1 Å². The highest BCUT2D eigenvalue weighted by Crippen LogP contribution is 2.25. The van der Waals surface area contributed by atoms with E-state index < -0.39 is 0 Å². The molecule has 0 bridgehead atoms. The van der Waals surface area contributed by atoms with E-state index in [4.69, 9.17) is 14.9 Å². The monoisotopic (exact) mass is 300 g/mol. The van der Waals surface area contributed by atoms with Gasteiger partial charge in [0.2, 0.25) is 0 Å². The Morgan fingerprint density at radius 3 is 2.59 bits per heavy atom. The van der Waals surface area contributed by atoms with E-state index in [1.54, 1.807) is 17.0 Å². The van der Waals surface area contributed by atoms with Crippen LogP contribution in [0.4, 0.5) is 5.69 Å². The first kappa shape index (κ1) is 14.7. The van der Waals surface area contributed by atoms with Crippen LogP contribution in [0.25, 0.3) is 11.3 Å². The zero-order chi connectivity index (χ0) is 15.7. The van der Waals surface area contributed by atoms with Crippen molar-refractivity contribution >= 4 is 11.6 Å². The third kappa shape index (κ3) is 2.99. The van der Waals surface area contributed by atoms with Crippen LogP contribution in [0.1, 0.15) is 24.4 Å². The Balaban J connectivity index is 1.80. The fourth-order valence-corrected chi connectivity index (χ4v) is 2.80. The van der Waals surface area contributed by atoms with E-state index >= 15 is 0 Å². The second-order valence-corrected chi connectivity index (χ2v) is 5.76. The van der Waals surface area contributed by atoms with Gasteiger partial charge in [-0.1, -0.05) is 12.1 Å². The predicted molar refractivity (Wildman–Crippen MR) is 84.5 cm³/mol. The minimum atomic E-state index is -0.0999.